The molecule has 14 heavy (non-hydrogen) atoms. The van der Waals surface area contributed by atoms with E-state index in [2.05, 4.69) is 6.92 Å². The van der Waals surface area contributed by atoms with Gasteiger partial charge in [0, 0.05) is 11.3 Å². The molecule has 0 bridgehead atoms. The summed E-state index contributed by atoms with van der Waals surface area (Å²) in [5.74, 6) is 0. The molecule has 78 valence electrons. The third-order valence-corrected chi connectivity index (χ3v) is 2.26. The maximum atomic E-state index is 5.87. The van der Waals surface area contributed by atoms with E-state index in [1.807, 2.05) is 31.2 Å². The smallest absolute Gasteiger partial charge is 0.134 e. The van der Waals surface area contributed by atoms with Crippen molar-refractivity contribution in [3.05, 3.63) is 29.8 Å². The second-order valence-corrected chi connectivity index (χ2v) is 3.40. The summed E-state index contributed by atoms with van der Waals surface area (Å²) in [5, 5.41) is 0. The molecule has 0 aliphatic heterocycles. The molecule has 0 amide bonds. The second kappa shape index (κ2) is 4.98. The fraction of sp³-hybridized carbons (Fsp3) is 0.455. The maximum absolute atomic E-state index is 5.87. The molecular formula is C11H18N2O. The molecule has 1 rings (SSSR count). The monoisotopic (exact) mass is 194 g/mol. The maximum Gasteiger partial charge on any atom is 0.134 e. The summed E-state index contributed by atoms with van der Waals surface area (Å²) in [6, 6.07) is 7.51. The van der Waals surface area contributed by atoms with E-state index in [-0.39, 0.29) is 6.10 Å². The van der Waals surface area contributed by atoms with Crippen LogP contribution >= 0.6 is 0 Å². The van der Waals surface area contributed by atoms with Crippen LogP contribution in [-0.4, -0.2) is 6.10 Å². The molecule has 3 heteroatoms. The minimum atomic E-state index is -0.425. The standard InChI is InChI=1S/C11H18N2O/c1-3-8(2)14-11(13)9-6-4-5-7-10(9)12/h4-8,11H,3,12-13H2,1-2H3. The molecule has 0 fully saturated rings. The van der Waals surface area contributed by atoms with Crippen molar-refractivity contribution < 1.29 is 4.74 Å². The number of benzene rings is 1. The van der Waals surface area contributed by atoms with Gasteiger partial charge in [-0.2, -0.15) is 0 Å². The Bertz CT molecular complexity index is 288. The van der Waals surface area contributed by atoms with E-state index in [9.17, 15) is 0 Å². The van der Waals surface area contributed by atoms with Crippen LogP contribution < -0.4 is 11.5 Å². The average Bonchev–Trinajstić information content (AvgIpc) is 2.18. The molecule has 2 unspecified atom stereocenters. The van der Waals surface area contributed by atoms with Crippen molar-refractivity contribution in [2.24, 2.45) is 5.73 Å². The molecule has 0 radical (unpaired) electrons. The summed E-state index contributed by atoms with van der Waals surface area (Å²) in [4.78, 5) is 0. The van der Waals surface area contributed by atoms with Gasteiger partial charge in [-0.1, -0.05) is 25.1 Å². The number of ether oxygens (including phenoxy) is 1. The first kappa shape index (κ1) is 11.0. The van der Waals surface area contributed by atoms with Gasteiger partial charge in [0.15, 0.2) is 0 Å². The Balaban J connectivity index is 2.69. The Morgan fingerprint density at radius 1 is 1.36 bits per heavy atom. The number of nitrogens with two attached hydrogens (primary N) is 2. The number of para-hydroxylation sites is 1. The van der Waals surface area contributed by atoms with E-state index in [1.165, 1.54) is 0 Å². The van der Waals surface area contributed by atoms with Gasteiger partial charge < -0.3 is 16.2 Å². The van der Waals surface area contributed by atoms with Crippen LogP contribution in [0, 0.1) is 0 Å². The van der Waals surface area contributed by atoms with Crippen LogP contribution in [0.25, 0.3) is 0 Å². The lowest BCUT2D eigenvalue weighted by Crippen LogP contribution is -2.21. The SMILES string of the molecule is CCC(C)OC(N)c1ccccc1N. The molecule has 0 heterocycles. The fourth-order valence-corrected chi connectivity index (χ4v) is 1.19. The first-order valence-corrected chi connectivity index (χ1v) is 4.90. The van der Waals surface area contributed by atoms with Crippen molar-refractivity contribution in [3.8, 4) is 0 Å². The number of rotatable bonds is 4. The minimum Gasteiger partial charge on any atom is -0.398 e. The van der Waals surface area contributed by atoms with Gasteiger partial charge in [-0.25, -0.2) is 0 Å². The zero-order chi connectivity index (χ0) is 10.6. The van der Waals surface area contributed by atoms with E-state index in [0.717, 1.165) is 12.0 Å². The van der Waals surface area contributed by atoms with Crippen molar-refractivity contribution in [1.82, 2.24) is 0 Å². The molecule has 0 aliphatic rings. The molecular weight excluding hydrogens is 176 g/mol. The number of hydrogen-bond donors (Lipinski definition) is 2. The molecule has 0 saturated carbocycles. The van der Waals surface area contributed by atoms with Gasteiger partial charge >= 0.3 is 0 Å². The number of hydrogen-bond acceptors (Lipinski definition) is 3. The Morgan fingerprint density at radius 2 is 2.00 bits per heavy atom. The van der Waals surface area contributed by atoms with Crippen LogP contribution in [0.2, 0.25) is 0 Å². The van der Waals surface area contributed by atoms with Gasteiger partial charge in [0.05, 0.1) is 6.10 Å². The highest BCUT2D eigenvalue weighted by Crippen LogP contribution is 2.20. The van der Waals surface area contributed by atoms with Crippen LogP contribution in [0.5, 0.6) is 0 Å². The molecule has 0 aliphatic carbocycles. The largest absolute Gasteiger partial charge is 0.398 e. The van der Waals surface area contributed by atoms with Gasteiger partial charge in [-0.05, 0) is 19.4 Å². The van der Waals surface area contributed by atoms with Gasteiger partial charge in [-0.3, -0.25) is 0 Å². The van der Waals surface area contributed by atoms with Crippen LogP contribution in [0.15, 0.2) is 24.3 Å². The van der Waals surface area contributed by atoms with E-state index >= 15 is 0 Å². The van der Waals surface area contributed by atoms with Crippen molar-refractivity contribution in [1.29, 1.82) is 0 Å². The quantitative estimate of drug-likeness (QED) is 0.569. The molecule has 1 aromatic rings. The Hall–Kier alpha value is -1.06. The molecule has 4 N–H and O–H groups in total. The zero-order valence-corrected chi connectivity index (χ0v) is 8.73. The van der Waals surface area contributed by atoms with Crippen LogP contribution in [0.1, 0.15) is 32.1 Å². The van der Waals surface area contributed by atoms with Gasteiger partial charge in [0.2, 0.25) is 0 Å². The van der Waals surface area contributed by atoms with Crippen molar-refractivity contribution in [2.75, 3.05) is 5.73 Å². The fourth-order valence-electron chi connectivity index (χ4n) is 1.19. The Morgan fingerprint density at radius 3 is 2.57 bits per heavy atom. The molecule has 3 nitrogen and oxygen atoms in total. The highest BCUT2D eigenvalue weighted by atomic mass is 16.5. The van der Waals surface area contributed by atoms with Crippen molar-refractivity contribution in [3.63, 3.8) is 0 Å². The van der Waals surface area contributed by atoms with Gasteiger partial charge in [0.1, 0.15) is 6.23 Å². The lowest BCUT2D eigenvalue weighted by Gasteiger charge is -2.19. The first-order valence-electron chi connectivity index (χ1n) is 4.90. The van der Waals surface area contributed by atoms with E-state index in [1.54, 1.807) is 0 Å². The molecule has 1 aromatic carbocycles. The summed E-state index contributed by atoms with van der Waals surface area (Å²) in [6.45, 7) is 4.06. The summed E-state index contributed by atoms with van der Waals surface area (Å²) in [7, 11) is 0. The summed E-state index contributed by atoms with van der Waals surface area (Å²) in [6.07, 6.45) is 0.677. The average molecular weight is 194 g/mol. The van der Waals surface area contributed by atoms with E-state index in [4.69, 9.17) is 16.2 Å². The lowest BCUT2D eigenvalue weighted by molar-refractivity contribution is -0.00113. The van der Waals surface area contributed by atoms with E-state index in [0.29, 0.717) is 5.69 Å². The van der Waals surface area contributed by atoms with Crippen molar-refractivity contribution in [2.45, 2.75) is 32.6 Å². The molecule has 0 saturated heterocycles. The molecule has 0 aromatic heterocycles. The Kier molecular flexibility index (Phi) is 3.92. The summed E-state index contributed by atoms with van der Waals surface area (Å²) >= 11 is 0. The third-order valence-electron chi connectivity index (χ3n) is 2.26. The van der Waals surface area contributed by atoms with Crippen LogP contribution in [-0.2, 0) is 4.74 Å². The Labute approximate surface area is 85.0 Å². The topological polar surface area (TPSA) is 61.3 Å². The van der Waals surface area contributed by atoms with Gasteiger partial charge in [0.25, 0.3) is 0 Å². The highest BCUT2D eigenvalue weighted by Gasteiger charge is 2.11. The highest BCUT2D eigenvalue weighted by molar-refractivity contribution is 5.47. The van der Waals surface area contributed by atoms with Crippen LogP contribution in [0.4, 0.5) is 5.69 Å². The zero-order valence-electron chi connectivity index (χ0n) is 8.73. The van der Waals surface area contributed by atoms with E-state index < -0.39 is 6.23 Å². The van der Waals surface area contributed by atoms with Gasteiger partial charge in [-0.15, -0.1) is 0 Å². The summed E-state index contributed by atoms with van der Waals surface area (Å²) in [5.41, 5.74) is 13.2. The number of nitrogen functional groups attached to an aromatic ring is 1. The third kappa shape index (κ3) is 2.72. The van der Waals surface area contributed by atoms with Crippen molar-refractivity contribution >= 4 is 5.69 Å². The normalized spacial score (nSPS) is 15.1. The second-order valence-electron chi connectivity index (χ2n) is 3.40. The summed E-state index contributed by atoms with van der Waals surface area (Å²) < 4.78 is 5.56. The molecule has 2 atom stereocenters. The van der Waals surface area contributed by atoms with Crippen LogP contribution in [0.3, 0.4) is 0 Å². The minimum absolute atomic E-state index is 0.157. The molecule has 0 spiro atoms. The lowest BCUT2D eigenvalue weighted by atomic mass is 10.1. The number of anilines is 1. The predicted molar refractivity (Wildman–Crippen MR) is 58.6 cm³/mol. The first-order chi connectivity index (χ1) is 6.65. The predicted octanol–water partition coefficient (Wildman–Crippen LogP) is 2.04.